The van der Waals surface area contributed by atoms with E-state index in [0.717, 1.165) is 4.47 Å². The summed E-state index contributed by atoms with van der Waals surface area (Å²) in [5.74, 6) is -8.00. The predicted octanol–water partition coefficient (Wildman–Crippen LogP) is 6.25. The monoisotopic (exact) mass is 1570 g/mol. The summed E-state index contributed by atoms with van der Waals surface area (Å²) in [4.78, 5) is 112. The van der Waals surface area contributed by atoms with Crippen LogP contribution >= 0.6 is 91.3 Å². The molecular formula is C44H34Br5ClF10N15NaO10. The molecule has 8 rings (SSSR count). The molecule has 0 bridgehead atoms. The molecule has 0 aliphatic rings. The number of primary amides is 2. The van der Waals surface area contributed by atoms with E-state index in [1.165, 1.54) is 50.0 Å². The van der Waals surface area contributed by atoms with Crippen LogP contribution < -0.4 is 63.2 Å². The van der Waals surface area contributed by atoms with Crippen LogP contribution in [0.15, 0.2) is 93.3 Å². The van der Waals surface area contributed by atoms with Crippen molar-refractivity contribution in [3.8, 4) is 0 Å². The number of nitrogen functional groups attached to an aromatic ring is 1. The Balaban J connectivity index is 0.000000998. The van der Waals surface area contributed by atoms with Crippen molar-refractivity contribution in [1.82, 2.24) is 54.8 Å². The summed E-state index contributed by atoms with van der Waals surface area (Å²) in [7, 11) is 0. The van der Waals surface area contributed by atoms with Gasteiger partial charge in [0.2, 0.25) is 5.91 Å². The summed E-state index contributed by atoms with van der Waals surface area (Å²) in [5, 5.41) is 9.97. The van der Waals surface area contributed by atoms with E-state index in [1.807, 2.05) is 9.97 Å². The minimum Gasteiger partial charge on any atom is -0.870 e. The SMILES string of the molecule is CC(=O)Nc1cc(Br)cnc1C(N)=O.CCO.FC(F)c1nc(Cl)c2ncc(Br)cc2n1.NC(=O)c1ncc(Br)cc1N.O=C(OC(=O)C(F)F)C(F)F.O=c1[nH]c(C(F)F)nc2cc(Br)cnc12.O=c1[nH]c(C(F)F)nc2cc(Br)cnc12.[Na+].[OH-]. The van der Waals surface area contributed by atoms with Crippen molar-refractivity contribution in [3.63, 3.8) is 0 Å². The number of nitrogens with zero attached hydrogens (tertiary/aromatic N) is 9. The van der Waals surface area contributed by atoms with Gasteiger partial charge in [-0.15, -0.1) is 0 Å². The molecule has 458 valence electrons. The second-order valence-electron chi connectivity index (χ2n) is 14.4. The minimum atomic E-state index is -3.57. The fourth-order valence-corrected chi connectivity index (χ4v) is 6.96. The largest absolute Gasteiger partial charge is 1.00 e. The summed E-state index contributed by atoms with van der Waals surface area (Å²) in [6, 6.07) is 7.62. The van der Waals surface area contributed by atoms with Crippen molar-refractivity contribution in [3.05, 3.63) is 138 Å². The standard InChI is InChI=1S/C8H3BrClF2N3.2C8H4BrF2N3O.C8H8BrN3O2.C6H6BrN3O.C4H2F4O3.C2H6O.Na.H2O/c9-3-1-4-5(13-2-3)6(10)15-8(14-4)7(11)12;2*9-3-1-4-5(12-2-3)8(15)14-7(13-4)6(10)11;1-4(13)12-6-2-5(9)3-11-7(6)8(10)14;7-3-1-4(8)5(6(9)11)10-2-3;5-1(6)3(9)11-4(10)2(7)8;1-2-3;;/h1-2,7H;2*1-2,6H,(H,13,14,15);2-3H,1H3,(H2,10,14)(H,12,13);1-2H,8H2,(H2,9,11);1-2H;3H,2H2,1H3;;1H2/q;;;;;;;+1;/p-1. The third-order valence-corrected chi connectivity index (χ3v) is 10.7. The third kappa shape index (κ3) is 26.7. The number of H-pyrrole nitrogens is 2. The topological polar surface area (TPSA) is 417 Å². The van der Waals surface area contributed by atoms with Crippen LogP contribution in [0.1, 0.15) is 71.6 Å². The molecule has 8 heterocycles. The van der Waals surface area contributed by atoms with Gasteiger partial charge < -0.3 is 47.8 Å². The zero-order chi connectivity index (χ0) is 63.9. The van der Waals surface area contributed by atoms with Gasteiger partial charge >= 0.3 is 54.3 Å². The maximum absolute atomic E-state index is 12.4. The van der Waals surface area contributed by atoms with Gasteiger partial charge in [-0.2, -0.15) is 17.6 Å². The van der Waals surface area contributed by atoms with E-state index in [9.17, 15) is 77.5 Å². The van der Waals surface area contributed by atoms with Crippen LogP contribution in [0.4, 0.5) is 55.3 Å². The van der Waals surface area contributed by atoms with E-state index in [4.69, 9.17) is 33.9 Å². The first-order chi connectivity index (χ1) is 39.2. The molecule has 0 aliphatic carbocycles. The Hall–Kier alpha value is -6.37. The Bertz CT molecular complexity index is 3650. The maximum Gasteiger partial charge on any atom is 1.00 e. The average molecular weight is 1580 g/mol. The molecule has 0 aliphatic heterocycles. The molecule has 0 saturated heterocycles. The van der Waals surface area contributed by atoms with Gasteiger partial charge in [0.1, 0.15) is 5.52 Å². The molecule has 3 amide bonds. The number of esters is 2. The van der Waals surface area contributed by atoms with Gasteiger partial charge in [-0.1, -0.05) is 11.6 Å². The molecule has 0 atom stereocenters. The number of aromatic amines is 2. The molecule has 8 aromatic rings. The van der Waals surface area contributed by atoms with E-state index in [1.54, 1.807) is 25.1 Å². The van der Waals surface area contributed by atoms with Crippen LogP contribution in [0.5, 0.6) is 0 Å². The summed E-state index contributed by atoms with van der Waals surface area (Å²) in [6.45, 7) is 3.27. The van der Waals surface area contributed by atoms with E-state index in [2.05, 4.69) is 135 Å². The zero-order valence-electron chi connectivity index (χ0n) is 42.8. The van der Waals surface area contributed by atoms with Gasteiger partial charge in [-0.05, 0) is 117 Å². The Labute approximate surface area is 542 Å². The number of carbonyl (C=O) groups is 5. The van der Waals surface area contributed by atoms with Crippen molar-refractivity contribution >= 4 is 165 Å². The summed E-state index contributed by atoms with van der Waals surface area (Å²) < 4.78 is 125. The van der Waals surface area contributed by atoms with Gasteiger partial charge in [-0.3, -0.25) is 29.0 Å². The number of hydrogen-bond acceptors (Lipinski definition) is 20. The van der Waals surface area contributed by atoms with Gasteiger partial charge in [0.15, 0.2) is 45.0 Å². The molecule has 0 saturated carbocycles. The zero-order valence-corrected chi connectivity index (χ0v) is 53.5. The number of amides is 3. The number of alkyl halides is 10. The van der Waals surface area contributed by atoms with E-state index in [-0.39, 0.29) is 91.8 Å². The number of hydrogen-bond donors (Lipinski definition) is 7. The van der Waals surface area contributed by atoms with Crippen LogP contribution in [0.3, 0.4) is 0 Å². The normalized spacial score (nSPS) is 10.2. The van der Waals surface area contributed by atoms with Crippen LogP contribution in [0.2, 0.25) is 5.15 Å². The number of aliphatic hydroxyl groups excluding tert-OH is 1. The quantitative estimate of drug-likeness (QED) is 0.0290. The number of fused-ring (bicyclic) bond motifs is 3. The van der Waals surface area contributed by atoms with Crippen molar-refractivity contribution in [2.45, 2.75) is 46.0 Å². The predicted molar refractivity (Wildman–Crippen MR) is 298 cm³/mol. The number of carbonyl (C=O) groups excluding carboxylic acids is 5. The summed E-state index contributed by atoms with van der Waals surface area (Å²) >= 11 is 21.4. The van der Waals surface area contributed by atoms with Crippen LogP contribution in [-0.2, 0) is 19.1 Å². The number of anilines is 2. The molecule has 0 aromatic carbocycles. The fourth-order valence-electron chi connectivity index (χ4n) is 5.09. The van der Waals surface area contributed by atoms with Crippen LogP contribution in [-0.4, -0.2) is 115 Å². The number of pyridine rings is 5. The first-order valence-corrected chi connectivity index (χ1v) is 25.9. The van der Waals surface area contributed by atoms with E-state index in [0.29, 0.717) is 34.6 Å². The van der Waals surface area contributed by atoms with Crippen LogP contribution in [0, 0.1) is 0 Å². The summed E-state index contributed by atoms with van der Waals surface area (Å²) in [6.07, 6.45) is -8.28. The maximum atomic E-state index is 12.4. The van der Waals surface area contributed by atoms with E-state index >= 15 is 0 Å². The molecule has 0 fully saturated rings. The molecule has 0 unspecified atom stereocenters. The summed E-state index contributed by atoms with van der Waals surface area (Å²) in [5.41, 5.74) is 15.9. The van der Waals surface area contributed by atoms with E-state index < -0.39 is 84.5 Å². The number of ether oxygens (including phenoxy) is 1. The molecule has 8 aromatic heterocycles. The number of halogens is 16. The molecule has 11 N–H and O–H groups in total. The van der Waals surface area contributed by atoms with Gasteiger partial charge in [0, 0.05) is 66.9 Å². The molecule has 0 spiro atoms. The number of nitrogens with one attached hydrogen (secondary N) is 3. The first kappa shape index (κ1) is 79.6. The van der Waals surface area contributed by atoms with Crippen molar-refractivity contribution < 1.29 is 113 Å². The molecular weight excluding hydrogens is 1550 g/mol. The number of aromatic nitrogens is 11. The Morgan fingerprint density at radius 2 is 0.942 bits per heavy atom. The first-order valence-electron chi connectivity index (χ1n) is 21.5. The molecule has 42 heteroatoms. The van der Waals surface area contributed by atoms with Gasteiger partial charge in [0.05, 0.1) is 27.9 Å². The van der Waals surface area contributed by atoms with Gasteiger partial charge in [0.25, 0.3) is 42.2 Å². The fraction of sp³-hybridized carbons (Fsp3) is 0.182. The molecule has 0 radical (unpaired) electrons. The number of aliphatic hydroxyl groups is 1. The number of rotatable bonds is 8. The smallest absolute Gasteiger partial charge is 0.870 e. The third-order valence-electron chi connectivity index (χ3n) is 8.22. The van der Waals surface area contributed by atoms with Crippen molar-refractivity contribution in [2.24, 2.45) is 11.5 Å². The Kier molecular flexibility index (Phi) is 35.8. The average Bonchev–Trinajstić information content (AvgIpc) is 1.52. The minimum absolute atomic E-state index is 0. The second kappa shape index (κ2) is 38.7. The second-order valence-corrected chi connectivity index (χ2v) is 19.4. The van der Waals surface area contributed by atoms with Crippen molar-refractivity contribution in [1.29, 1.82) is 0 Å². The Morgan fingerprint density at radius 1 is 0.593 bits per heavy atom. The van der Waals surface area contributed by atoms with Gasteiger partial charge in [-0.25, -0.2) is 75.8 Å². The molecule has 25 nitrogen and oxygen atoms in total. The Morgan fingerprint density at radius 3 is 1.29 bits per heavy atom. The van der Waals surface area contributed by atoms with Crippen LogP contribution in [0.25, 0.3) is 33.1 Å². The number of nitrogens with two attached hydrogens (primary N) is 3. The molecule has 86 heavy (non-hydrogen) atoms. The van der Waals surface area contributed by atoms with Crippen molar-refractivity contribution in [2.75, 3.05) is 17.7 Å².